The molecule has 0 saturated carbocycles. The van der Waals surface area contributed by atoms with Crippen LogP contribution in [0.3, 0.4) is 0 Å². The van der Waals surface area contributed by atoms with Crippen molar-refractivity contribution < 1.29 is 0 Å². The number of nitrogens with two attached hydrogens (primary N) is 1. The molecule has 0 bridgehead atoms. The van der Waals surface area contributed by atoms with E-state index in [0.29, 0.717) is 5.41 Å². The maximum atomic E-state index is 5.75. The standard InChI is InChI=1S/C19H40N2/c1-16(2)17(10-12-20)8-6-13-21-14-7-9-18(11-15-21)19(3,4)5/h16-18H,6-15,20H2,1-5H3. The Morgan fingerprint density at radius 1 is 1.10 bits per heavy atom. The van der Waals surface area contributed by atoms with E-state index in [4.69, 9.17) is 5.73 Å². The minimum absolute atomic E-state index is 0.486. The van der Waals surface area contributed by atoms with Gasteiger partial charge in [0.1, 0.15) is 0 Å². The van der Waals surface area contributed by atoms with E-state index >= 15 is 0 Å². The molecule has 21 heavy (non-hydrogen) atoms. The Bertz CT molecular complexity index is 267. The Labute approximate surface area is 133 Å². The largest absolute Gasteiger partial charge is 0.330 e. The molecule has 0 aromatic rings. The van der Waals surface area contributed by atoms with Crippen LogP contribution in [0.25, 0.3) is 0 Å². The lowest BCUT2D eigenvalue weighted by Gasteiger charge is -2.30. The molecule has 0 aliphatic carbocycles. The number of nitrogens with zero attached hydrogens (tertiary/aromatic N) is 1. The summed E-state index contributed by atoms with van der Waals surface area (Å²) in [5.74, 6) is 2.51. The topological polar surface area (TPSA) is 29.3 Å². The van der Waals surface area contributed by atoms with Gasteiger partial charge in [0.05, 0.1) is 0 Å². The van der Waals surface area contributed by atoms with Gasteiger partial charge in [-0.05, 0) is 87.9 Å². The zero-order valence-corrected chi connectivity index (χ0v) is 15.3. The van der Waals surface area contributed by atoms with Crippen molar-refractivity contribution in [3.8, 4) is 0 Å². The molecule has 126 valence electrons. The lowest BCUT2D eigenvalue weighted by Crippen LogP contribution is -2.28. The second kappa shape index (κ2) is 9.15. The van der Waals surface area contributed by atoms with E-state index in [2.05, 4.69) is 39.5 Å². The highest BCUT2D eigenvalue weighted by Crippen LogP contribution is 2.34. The molecule has 1 saturated heterocycles. The zero-order valence-electron chi connectivity index (χ0n) is 15.3. The minimum Gasteiger partial charge on any atom is -0.330 e. The highest BCUT2D eigenvalue weighted by molar-refractivity contribution is 4.79. The first-order valence-corrected chi connectivity index (χ1v) is 9.27. The second-order valence-corrected chi connectivity index (χ2v) is 8.56. The van der Waals surface area contributed by atoms with E-state index in [1.165, 1.54) is 58.2 Å². The SMILES string of the molecule is CC(C)C(CCN)CCCN1CCCC(C(C)(C)C)CC1. The fourth-order valence-electron chi connectivity index (χ4n) is 3.85. The summed E-state index contributed by atoms with van der Waals surface area (Å²) in [5.41, 5.74) is 6.23. The van der Waals surface area contributed by atoms with Gasteiger partial charge < -0.3 is 10.6 Å². The van der Waals surface area contributed by atoms with Gasteiger partial charge in [-0.3, -0.25) is 0 Å². The fourth-order valence-corrected chi connectivity index (χ4v) is 3.85. The van der Waals surface area contributed by atoms with Crippen molar-refractivity contribution in [2.75, 3.05) is 26.2 Å². The van der Waals surface area contributed by atoms with Gasteiger partial charge in [0.2, 0.25) is 0 Å². The Kier molecular flexibility index (Phi) is 8.26. The van der Waals surface area contributed by atoms with Crippen LogP contribution < -0.4 is 5.73 Å². The van der Waals surface area contributed by atoms with Crippen molar-refractivity contribution >= 4 is 0 Å². The maximum Gasteiger partial charge on any atom is -0.00159 e. The highest BCUT2D eigenvalue weighted by Gasteiger charge is 2.26. The average Bonchev–Trinajstić information content (AvgIpc) is 2.62. The van der Waals surface area contributed by atoms with Crippen LogP contribution in [0.1, 0.15) is 73.1 Å². The summed E-state index contributed by atoms with van der Waals surface area (Å²) in [7, 11) is 0. The van der Waals surface area contributed by atoms with Gasteiger partial charge in [-0.15, -0.1) is 0 Å². The van der Waals surface area contributed by atoms with Gasteiger partial charge in [0, 0.05) is 0 Å². The normalized spacial score (nSPS) is 23.3. The van der Waals surface area contributed by atoms with Crippen molar-refractivity contribution in [1.82, 2.24) is 4.90 Å². The number of hydrogen-bond acceptors (Lipinski definition) is 2. The second-order valence-electron chi connectivity index (χ2n) is 8.56. The van der Waals surface area contributed by atoms with Crippen molar-refractivity contribution in [1.29, 1.82) is 0 Å². The fraction of sp³-hybridized carbons (Fsp3) is 1.00. The predicted molar refractivity (Wildman–Crippen MR) is 94.5 cm³/mol. The van der Waals surface area contributed by atoms with E-state index in [1.54, 1.807) is 0 Å². The van der Waals surface area contributed by atoms with E-state index in [0.717, 1.165) is 24.3 Å². The molecule has 1 fully saturated rings. The molecule has 1 heterocycles. The average molecular weight is 297 g/mol. The first-order chi connectivity index (χ1) is 9.84. The molecule has 1 rings (SSSR count). The molecule has 2 unspecified atom stereocenters. The number of hydrogen-bond donors (Lipinski definition) is 1. The minimum atomic E-state index is 0.486. The maximum absolute atomic E-state index is 5.75. The van der Waals surface area contributed by atoms with Crippen LogP contribution in [0, 0.1) is 23.2 Å². The van der Waals surface area contributed by atoms with Crippen LogP contribution in [0.4, 0.5) is 0 Å². The summed E-state index contributed by atoms with van der Waals surface area (Å²) in [4.78, 5) is 2.71. The third kappa shape index (κ3) is 7.15. The van der Waals surface area contributed by atoms with Crippen LogP contribution in [-0.4, -0.2) is 31.1 Å². The quantitative estimate of drug-likeness (QED) is 0.747. The molecule has 0 radical (unpaired) electrons. The third-order valence-electron chi connectivity index (χ3n) is 5.57. The molecule has 2 atom stereocenters. The Hall–Kier alpha value is -0.0800. The van der Waals surface area contributed by atoms with Gasteiger partial charge in [0.15, 0.2) is 0 Å². The summed E-state index contributed by atoms with van der Waals surface area (Å²) in [6, 6.07) is 0. The molecule has 2 heteroatoms. The van der Waals surface area contributed by atoms with Crippen LogP contribution in [0.2, 0.25) is 0 Å². The Balaban J connectivity index is 2.30. The zero-order chi connectivity index (χ0) is 15.9. The highest BCUT2D eigenvalue weighted by atomic mass is 15.1. The van der Waals surface area contributed by atoms with E-state index in [-0.39, 0.29) is 0 Å². The number of likely N-dealkylation sites (tertiary alicyclic amines) is 1. The van der Waals surface area contributed by atoms with Gasteiger partial charge in [-0.1, -0.05) is 34.6 Å². The molecule has 1 aliphatic rings. The molecule has 1 aliphatic heterocycles. The summed E-state index contributed by atoms with van der Waals surface area (Å²) in [6.07, 6.45) is 8.10. The van der Waals surface area contributed by atoms with E-state index < -0.39 is 0 Å². The lowest BCUT2D eigenvalue weighted by molar-refractivity contribution is 0.205. The van der Waals surface area contributed by atoms with Crippen LogP contribution in [0.15, 0.2) is 0 Å². The first kappa shape index (κ1) is 19.0. The summed E-state index contributed by atoms with van der Waals surface area (Å²) in [5, 5.41) is 0. The smallest absolute Gasteiger partial charge is 0.00159 e. The monoisotopic (exact) mass is 296 g/mol. The third-order valence-corrected chi connectivity index (χ3v) is 5.57. The Morgan fingerprint density at radius 3 is 2.38 bits per heavy atom. The van der Waals surface area contributed by atoms with Gasteiger partial charge in [-0.25, -0.2) is 0 Å². The first-order valence-electron chi connectivity index (χ1n) is 9.27. The van der Waals surface area contributed by atoms with Crippen molar-refractivity contribution in [3.05, 3.63) is 0 Å². The van der Waals surface area contributed by atoms with Crippen molar-refractivity contribution in [2.24, 2.45) is 28.9 Å². The van der Waals surface area contributed by atoms with Crippen molar-refractivity contribution in [3.63, 3.8) is 0 Å². The molecular weight excluding hydrogens is 256 g/mol. The van der Waals surface area contributed by atoms with Gasteiger partial charge in [0.25, 0.3) is 0 Å². The summed E-state index contributed by atoms with van der Waals surface area (Å²) in [6.45, 7) is 16.7. The summed E-state index contributed by atoms with van der Waals surface area (Å²) >= 11 is 0. The molecule has 2 N–H and O–H groups in total. The lowest BCUT2D eigenvalue weighted by atomic mass is 9.77. The van der Waals surface area contributed by atoms with Crippen LogP contribution >= 0.6 is 0 Å². The molecule has 0 aromatic carbocycles. The van der Waals surface area contributed by atoms with Gasteiger partial charge in [-0.2, -0.15) is 0 Å². The molecule has 0 amide bonds. The van der Waals surface area contributed by atoms with E-state index in [1.807, 2.05) is 0 Å². The molecule has 0 spiro atoms. The summed E-state index contributed by atoms with van der Waals surface area (Å²) < 4.78 is 0. The Morgan fingerprint density at radius 2 is 1.81 bits per heavy atom. The van der Waals surface area contributed by atoms with Gasteiger partial charge >= 0.3 is 0 Å². The predicted octanol–water partition coefficient (Wildman–Crippen LogP) is 4.54. The van der Waals surface area contributed by atoms with Crippen LogP contribution in [0.5, 0.6) is 0 Å². The number of rotatable bonds is 7. The molecule has 2 nitrogen and oxygen atoms in total. The molecule has 0 aromatic heterocycles. The van der Waals surface area contributed by atoms with Crippen LogP contribution in [-0.2, 0) is 0 Å². The molecular formula is C19H40N2. The van der Waals surface area contributed by atoms with Crippen molar-refractivity contribution in [2.45, 2.75) is 73.1 Å². The van der Waals surface area contributed by atoms with E-state index in [9.17, 15) is 0 Å².